The van der Waals surface area contributed by atoms with Crippen molar-refractivity contribution < 1.29 is 19.4 Å². The number of imidazole rings is 1. The fraction of sp³-hybridized carbons (Fsp3) is 0.667. The molecule has 7 nitrogen and oxygen atoms in total. The molecule has 2 heterocycles. The van der Waals surface area contributed by atoms with E-state index in [2.05, 4.69) is 24.6 Å². The van der Waals surface area contributed by atoms with Crippen LogP contribution in [0.4, 0.5) is 4.79 Å². The van der Waals surface area contributed by atoms with E-state index in [0.29, 0.717) is 24.7 Å². The van der Waals surface area contributed by atoms with Gasteiger partial charge in [-0.15, -0.1) is 0 Å². The number of likely N-dealkylation sites (tertiary alicyclic amines) is 1. The van der Waals surface area contributed by atoms with E-state index in [1.54, 1.807) is 4.57 Å². The van der Waals surface area contributed by atoms with E-state index in [-0.39, 0.29) is 12.8 Å². The second kappa shape index (κ2) is 7.27. The van der Waals surface area contributed by atoms with Crippen molar-refractivity contribution in [3.63, 3.8) is 0 Å². The summed E-state index contributed by atoms with van der Waals surface area (Å²) in [7, 11) is -1.17. The molecular formula is C15H25N3O4Si. The number of carbonyl (C=O) groups is 2. The van der Waals surface area contributed by atoms with Crippen LogP contribution in [-0.2, 0) is 11.5 Å². The van der Waals surface area contributed by atoms with Crippen molar-refractivity contribution in [2.24, 2.45) is 0 Å². The van der Waals surface area contributed by atoms with Crippen molar-refractivity contribution in [3.05, 3.63) is 17.7 Å². The Morgan fingerprint density at radius 2 is 2.26 bits per heavy atom. The van der Waals surface area contributed by atoms with Gasteiger partial charge in [0.25, 0.3) is 0 Å². The van der Waals surface area contributed by atoms with Gasteiger partial charge in [-0.1, -0.05) is 19.6 Å². The third-order valence-corrected chi connectivity index (χ3v) is 5.76. The average molecular weight is 339 g/mol. The van der Waals surface area contributed by atoms with Crippen LogP contribution < -0.4 is 0 Å². The van der Waals surface area contributed by atoms with Crippen LogP contribution in [0.2, 0.25) is 25.7 Å². The fourth-order valence-corrected chi connectivity index (χ4v) is 3.46. The van der Waals surface area contributed by atoms with Crippen molar-refractivity contribution >= 4 is 20.5 Å². The molecule has 0 bridgehead atoms. The summed E-state index contributed by atoms with van der Waals surface area (Å²) in [5.74, 6) is 0.597. The van der Waals surface area contributed by atoms with Gasteiger partial charge in [0.05, 0.1) is 12.2 Å². The molecule has 1 aliphatic rings. The molecule has 0 aliphatic carbocycles. The van der Waals surface area contributed by atoms with E-state index in [9.17, 15) is 14.7 Å². The third-order valence-electron chi connectivity index (χ3n) is 4.05. The molecule has 0 aromatic carbocycles. The lowest BCUT2D eigenvalue weighted by atomic mass is 10.2. The number of nitrogens with zero attached hydrogens (tertiary/aromatic N) is 3. The van der Waals surface area contributed by atoms with Gasteiger partial charge in [0.2, 0.25) is 0 Å². The van der Waals surface area contributed by atoms with Crippen LogP contribution in [0, 0.1) is 0 Å². The highest BCUT2D eigenvalue weighted by Gasteiger charge is 2.33. The van der Waals surface area contributed by atoms with E-state index in [1.165, 1.54) is 11.1 Å². The van der Waals surface area contributed by atoms with Gasteiger partial charge in [0.1, 0.15) is 18.2 Å². The minimum absolute atomic E-state index is 0.234. The molecule has 128 valence electrons. The Morgan fingerprint density at radius 1 is 1.52 bits per heavy atom. The highest BCUT2D eigenvalue weighted by molar-refractivity contribution is 6.76. The number of ether oxygens (including phenoxy) is 1. The van der Waals surface area contributed by atoms with Crippen LogP contribution >= 0.6 is 0 Å². The van der Waals surface area contributed by atoms with Crippen LogP contribution in [0.1, 0.15) is 35.2 Å². The summed E-state index contributed by atoms with van der Waals surface area (Å²) < 4.78 is 7.42. The molecule has 1 aliphatic heterocycles. The molecule has 23 heavy (non-hydrogen) atoms. The lowest BCUT2D eigenvalue weighted by molar-refractivity contribution is 0.0775. The molecular weight excluding hydrogens is 314 g/mol. The SMILES string of the molecule is C[Si](C)(C)CCOCn1c(C=O)cnc1C1CCCN1C(=O)O. The molecule has 8 heteroatoms. The molecule has 1 unspecified atom stereocenters. The lowest BCUT2D eigenvalue weighted by Crippen LogP contribution is -2.31. The van der Waals surface area contributed by atoms with E-state index >= 15 is 0 Å². The van der Waals surface area contributed by atoms with Gasteiger partial charge >= 0.3 is 6.09 Å². The lowest BCUT2D eigenvalue weighted by Gasteiger charge is -2.22. The summed E-state index contributed by atoms with van der Waals surface area (Å²) in [4.78, 5) is 28.2. The largest absolute Gasteiger partial charge is 0.465 e. The van der Waals surface area contributed by atoms with Crippen LogP contribution in [-0.4, -0.2) is 53.2 Å². The highest BCUT2D eigenvalue weighted by atomic mass is 28.3. The Hall–Kier alpha value is -1.67. The van der Waals surface area contributed by atoms with Crippen molar-refractivity contribution in [1.82, 2.24) is 14.5 Å². The smallest absolute Gasteiger partial charge is 0.407 e. The monoisotopic (exact) mass is 339 g/mol. The zero-order chi connectivity index (χ0) is 17.0. The molecule has 0 radical (unpaired) electrons. The van der Waals surface area contributed by atoms with E-state index in [1.807, 2.05) is 0 Å². The summed E-state index contributed by atoms with van der Waals surface area (Å²) in [6, 6.07) is 0.736. The summed E-state index contributed by atoms with van der Waals surface area (Å²) >= 11 is 0. The average Bonchev–Trinajstić information content (AvgIpc) is 3.08. The van der Waals surface area contributed by atoms with Gasteiger partial charge in [-0.05, 0) is 18.9 Å². The summed E-state index contributed by atoms with van der Waals surface area (Å²) in [5, 5.41) is 9.30. The zero-order valence-corrected chi connectivity index (χ0v) is 15.0. The Balaban J connectivity index is 2.10. The topological polar surface area (TPSA) is 84.7 Å². The summed E-state index contributed by atoms with van der Waals surface area (Å²) in [5.41, 5.74) is 0.422. The number of amides is 1. The van der Waals surface area contributed by atoms with E-state index < -0.39 is 14.2 Å². The molecule has 2 rings (SSSR count). The highest BCUT2D eigenvalue weighted by Crippen LogP contribution is 2.31. The van der Waals surface area contributed by atoms with Gasteiger partial charge in [-0.2, -0.15) is 0 Å². The number of aromatic nitrogens is 2. The Labute approximate surface area is 137 Å². The maximum Gasteiger partial charge on any atom is 0.407 e. The quantitative estimate of drug-likeness (QED) is 0.469. The predicted molar refractivity (Wildman–Crippen MR) is 88.4 cm³/mol. The van der Waals surface area contributed by atoms with Gasteiger partial charge < -0.3 is 9.84 Å². The second-order valence-corrected chi connectivity index (χ2v) is 12.7. The molecule has 1 atom stereocenters. The van der Waals surface area contributed by atoms with E-state index in [4.69, 9.17) is 4.74 Å². The summed E-state index contributed by atoms with van der Waals surface area (Å²) in [6.45, 7) is 8.20. The molecule has 1 fully saturated rings. The molecule has 1 amide bonds. The minimum atomic E-state index is -1.17. The van der Waals surface area contributed by atoms with Gasteiger partial charge in [-0.25, -0.2) is 9.78 Å². The van der Waals surface area contributed by atoms with Gasteiger partial charge in [0, 0.05) is 21.2 Å². The first-order chi connectivity index (χ1) is 10.8. The first kappa shape index (κ1) is 17.7. The number of hydrogen-bond acceptors (Lipinski definition) is 4. The number of carboxylic acid groups (broad SMARTS) is 1. The first-order valence-electron chi connectivity index (χ1n) is 7.91. The first-order valence-corrected chi connectivity index (χ1v) is 11.6. The number of carbonyl (C=O) groups excluding carboxylic acids is 1. The van der Waals surface area contributed by atoms with Gasteiger partial charge in [0.15, 0.2) is 6.29 Å². The van der Waals surface area contributed by atoms with Crippen molar-refractivity contribution in [2.45, 2.75) is 51.3 Å². The second-order valence-electron chi connectivity index (χ2n) is 7.07. The molecule has 1 aromatic heterocycles. The molecule has 1 saturated heterocycles. The number of aldehydes is 1. The van der Waals surface area contributed by atoms with Crippen molar-refractivity contribution in [3.8, 4) is 0 Å². The standard InChI is InChI=1S/C15H25N3O4Si/c1-23(2,3)8-7-22-11-18-12(10-19)9-16-14(18)13-5-4-6-17(13)15(20)21/h9-10,13H,4-8,11H2,1-3H3,(H,20,21). The van der Waals surface area contributed by atoms with Crippen molar-refractivity contribution in [1.29, 1.82) is 0 Å². The predicted octanol–water partition coefficient (Wildman–Crippen LogP) is 2.82. The third kappa shape index (κ3) is 4.41. The number of rotatable bonds is 7. The van der Waals surface area contributed by atoms with Crippen molar-refractivity contribution in [2.75, 3.05) is 13.2 Å². The Morgan fingerprint density at radius 3 is 2.87 bits per heavy atom. The van der Waals surface area contributed by atoms with Crippen LogP contribution in [0.25, 0.3) is 0 Å². The Kier molecular flexibility index (Phi) is 5.58. The summed E-state index contributed by atoms with van der Waals surface area (Å²) in [6.07, 6.45) is 2.79. The Bertz CT molecular complexity index is 568. The normalized spacial score (nSPS) is 18.4. The molecule has 1 N–H and O–H groups in total. The van der Waals surface area contributed by atoms with Crippen LogP contribution in [0.3, 0.4) is 0 Å². The minimum Gasteiger partial charge on any atom is -0.465 e. The fourth-order valence-electron chi connectivity index (χ4n) is 2.70. The van der Waals surface area contributed by atoms with Gasteiger partial charge in [-0.3, -0.25) is 14.3 Å². The molecule has 0 saturated carbocycles. The number of hydrogen-bond donors (Lipinski definition) is 1. The maximum absolute atomic E-state index is 11.3. The zero-order valence-electron chi connectivity index (χ0n) is 14.0. The van der Waals surface area contributed by atoms with Crippen LogP contribution in [0.5, 0.6) is 0 Å². The van der Waals surface area contributed by atoms with Crippen LogP contribution in [0.15, 0.2) is 6.20 Å². The maximum atomic E-state index is 11.3. The van der Waals surface area contributed by atoms with E-state index in [0.717, 1.165) is 25.2 Å². The molecule has 1 aromatic rings. The molecule has 0 spiro atoms.